The van der Waals surface area contributed by atoms with Crippen LogP contribution in [0.1, 0.15) is 13.3 Å². The third-order valence-electron chi connectivity index (χ3n) is 3.31. The van der Waals surface area contributed by atoms with Crippen molar-refractivity contribution in [2.24, 2.45) is 11.8 Å². The summed E-state index contributed by atoms with van der Waals surface area (Å²) in [5, 5.41) is 11.4. The second-order valence-electron chi connectivity index (χ2n) is 5.21. The molecule has 1 amide bonds. The van der Waals surface area contributed by atoms with Gasteiger partial charge in [0.1, 0.15) is 11.0 Å². The van der Waals surface area contributed by atoms with E-state index in [-0.39, 0.29) is 11.9 Å². The van der Waals surface area contributed by atoms with Crippen LogP contribution >= 0.6 is 11.6 Å². The van der Waals surface area contributed by atoms with Crippen molar-refractivity contribution in [1.82, 2.24) is 15.3 Å². The Morgan fingerprint density at radius 3 is 3.00 bits per heavy atom. The molecular formula is C12H18ClN5O2. The molecule has 20 heavy (non-hydrogen) atoms. The number of halogens is 1. The first-order valence-electron chi connectivity index (χ1n) is 6.46. The molecule has 110 valence electrons. The van der Waals surface area contributed by atoms with E-state index in [1.165, 1.54) is 0 Å². The van der Waals surface area contributed by atoms with Gasteiger partial charge in [0, 0.05) is 25.7 Å². The highest BCUT2D eigenvalue weighted by Gasteiger charge is 2.26. The van der Waals surface area contributed by atoms with E-state index in [1.807, 2.05) is 0 Å². The standard InChI is InChI=1S/C12H18ClN5O2/c1-7-2-8(4-15-12(19)20)6-18(5-7)10-3-9(13)16-11(14)17-10/h3,7-8,15H,2,4-6H2,1H3,(H,19,20)(H2,14,16,17)/t7-,8-/m1/s1. The molecule has 2 atom stereocenters. The summed E-state index contributed by atoms with van der Waals surface area (Å²) in [7, 11) is 0. The number of aromatic nitrogens is 2. The number of anilines is 2. The highest BCUT2D eigenvalue weighted by Crippen LogP contribution is 2.26. The zero-order valence-electron chi connectivity index (χ0n) is 11.2. The molecule has 8 heteroatoms. The van der Waals surface area contributed by atoms with Gasteiger partial charge in [0.05, 0.1) is 0 Å². The molecule has 2 heterocycles. The van der Waals surface area contributed by atoms with Crippen molar-refractivity contribution in [3.63, 3.8) is 0 Å². The highest BCUT2D eigenvalue weighted by molar-refractivity contribution is 6.29. The molecular weight excluding hydrogens is 282 g/mol. The number of hydrogen-bond acceptors (Lipinski definition) is 5. The number of nitrogens with one attached hydrogen (secondary N) is 1. The molecule has 0 bridgehead atoms. The van der Waals surface area contributed by atoms with E-state index in [2.05, 4.69) is 27.1 Å². The number of carboxylic acid groups (broad SMARTS) is 1. The first-order chi connectivity index (χ1) is 9.44. The summed E-state index contributed by atoms with van der Waals surface area (Å²) >= 11 is 5.90. The topological polar surface area (TPSA) is 104 Å². The van der Waals surface area contributed by atoms with Crippen molar-refractivity contribution in [3.05, 3.63) is 11.2 Å². The molecule has 1 aliphatic heterocycles. The van der Waals surface area contributed by atoms with E-state index in [9.17, 15) is 4.79 Å². The molecule has 1 aliphatic rings. The van der Waals surface area contributed by atoms with E-state index in [0.717, 1.165) is 19.5 Å². The summed E-state index contributed by atoms with van der Waals surface area (Å²) in [6.07, 6.45) is -0.0189. The number of nitrogen functional groups attached to an aromatic ring is 1. The Morgan fingerprint density at radius 1 is 1.60 bits per heavy atom. The van der Waals surface area contributed by atoms with Crippen LogP contribution in [0.5, 0.6) is 0 Å². The van der Waals surface area contributed by atoms with E-state index in [0.29, 0.717) is 23.4 Å². The lowest BCUT2D eigenvalue weighted by atomic mass is 9.90. The monoisotopic (exact) mass is 299 g/mol. The number of hydrogen-bond donors (Lipinski definition) is 3. The molecule has 0 saturated carbocycles. The van der Waals surface area contributed by atoms with Crippen LogP contribution in [0.25, 0.3) is 0 Å². The van der Waals surface area contributed by atoms with Gasteiger partial charge in [-0.05, 0) is 18.3 Å². The Bertz CT molecular complexity index is 478. The smallest absolute Gasteiger partial charge is 0.404 e. The van der Waals surface area contributed by atoms with E-state index >= 15 is 0 Å². The summed E-state index contributed by atoms with van der Waals surface area (Å²) in [4.78, 5) is 20.7. The van der Waals surface area contributed by atoms with Crippen LogP contribution in [0.2, 0.25) is 5.15 Å². The van der Waals surface area contributed by atoms with Crippen molar-refractivity contribution >= 4 is 29.5 Å². The number of nitrogens with zero attached hydrogens (tertiary/aromatic N) is 3. The minimum atomic E-state index is -0.996. The van der Waals surface area contributed by atoms with Gasteiger partial charge in [-0.3, -0.25) is 0 Å². The van der Waals surface area contributed by atoms with Gasteiger partial charge in [0.25, 0.3) is 0 Å². The average molecular weight is 300 g/mol. The van der Waals surface area contributed by atoms with Gasteiger partial charge >= 0.3 is 6.09 Å². The fraction of sp³-hybridized carbons (Fsp3) is 0.583. The minimum Gasteiger partial charge on any atom is -0.465 e. The Balaban J connectivity index is 2.08. The van der Waals surface area contributed by atoms with Gasteiger partial charge in [-0.2, -0.15) is 4.98 Å². The van der Waals surface area contributed by atoms with Gasteiger partial charge in [0.15, 0.2) is 0 Å². The van der Waals surface area contributed by atoms with Crippen LogP contribution in [0, 0.1) is 11.8 Å². The van der Waals surface area contributed by atoms with Gasteiger partial charge in [-0.25, -0.2) is 9.78 Å². The van der Waals surface area contributed by atoms with Crippen LogP contribution < -0.4 is 16.0 Å². The third kappa shape index (κ3) is 3.86. The quantitative estimate of drug-likeness (QED) is 0.730. The first kappa shape index (κ1) is 14.6. The van der Waals surface area contributed by atoms with Crippen LogP contribution in [-0.4, -0.2) is 40.8 Å². The molecule has 7 nitrogen and oxygen atoms in total. The van der Waals surface area contributed by atoms with Gasteiger partial charge in [0.2, 0.25) is 5.95 Å². The van der Waals surface area contributed by atoms with Crippen LogP contribution in [0.4, 0.5) is 16.6 Å². The van der Waals surface area contributed by atoms with Crippen molar-refractivity contribution in [3.8, 4) is 0 Å². The maximum Gasteiger partial charge on any atom is 0.404 e. The van der Waals surface area contributed by atoms with Crippen molar-refractivity contribution in [2.45, 2.75) is 13.3 Å². The molecule has 1 fully saturated rings. The van der Waals surface area contributed by atoms with Gasteiger partial charge in [-0.15, -0.1) is 0 Å². The number of piperidine rings is 1. The SMILES string of the molecule is C[C@@H]1C[C@H](CNC(=O)O)CN(c2cc(Cl)nc(N)n2)C1. The lowest BCUT2D eigenvalue weighted by molar-refractivity contribution is 0.190. The lowest BCUT2D eigenvalue weighted by Crippen LogP contribution is -2.44. The summed E-state index contributed by atoms with van der Waals surface area (Å²) in [5.41, 5.74) is 5.61. The van der Waals surface area contributed by atoms with Gasteiger partial charge < -0.3 is 21.1 Å². The van der Waals surface area contributed by atoms with Crippen molar-refractivity contribution in [2.75, 3.05) is 30.3 Å². The Hall–Kier alpha value is -1.76. The molecule has 0 aromatic carbocycles. The molecule has 4 N–H and O–H groups in total. The average Bonchev–Trinajstić information content (AvgIpc) is 2.34. The van der Waals surface area contributed by atoms with Crippen molar-refractivity contribution in [1.29, 1.82) is 0 Å². The minimum absolute atomic E-state index is 0.144. The molecule has 2 rings (SSSR count). The molecule has 0 unspecified atom stereocenters. The zero-order valence-corrected chi connectivity index (χ0v) is 12.0. The predicted octanol–water partition coefficient (Wildman–Crippen LogP) is 1.44. The highest BCUT2D eigenvalue weighted by atomic mass is 35.5. The van der Waals surface area contributed by atoms with Crippen LogP contribution in [-0.2, 0) is 0 Å². The number of rotatable bonds is 3. The summed E-state index contributed by atoms with van der Waals surface area (Å²) in [6, 6.07) is 1.68. The Labute approximate surface area is 122 Å². The third-order valence-corrected chi connectivity index (χ3v) is 3.50. The molecule has 1 aromatic heterocycles. The van der Waals surface area contributed by atoms with Crippen LogP contribution in [0.15, 0.2) is 6.07 Å². The van der Waals surface area contributed by atoms with Crippen LogP contribution in [0.3, 0.4) is 0 Å². The number of carbonyl (C=O) groups is 1. The summed E-state index contributed by atoms with van der Waals surface area (Å²) in [6.45, 7) is 4.13. The number of nitrogens with two attached hydrogens (primary N) is 1. The normalized spacial score (nSPS) is 22.6. The van der Waals surface area contributed by atoms with E-state index < -0.39 is 6.09 Å². The molecule has 0 radical (unpaired) electrons. The predicted molar refractivity (Wildman–Crippen MR) is 77.0 cm³/mol. The number of amides is 1. The largest absolute Gasteiger partial charge is 0.465 e. The van der Waals surface area contributed by atoms with E-state index in [4.69, 9.17) is 22.4 Å². The molecule has 1 saturated heterocycles. The fourth-order valence-corrected chi connectivity index (χ4v) is 2.82. The van der Waals surface area contributed by atoms with Gasteiger partial charge in [-0.1, -0.05) is 18.5 Å². The molecule has 1 aromatic rings. The lowest BCUT2D eigenvalue weighted by Gasteiger charge is -2.37. The Kier molecular flexibility index (Phi) is 4.49. The summed E-state index contributed by atoms with van der Waals surface area (Å²) < 4.78 is 0. The molecule has 0 aliphatic carbocycles. The van der Waals surface area contributed by atoms with E-state index in [1.54, 1.807) is 6.07 Å². The second kappa shape index (κ2) is 6.13. The zero-order chi connectivity index (χ0) is 14.7. The first-order valence-corrected chi connectivity index (χ1v) is 6.83. The summed E-state index contributed by atoms with van der Waals surface area (Å²) in [5.74, 6) is 1.52. The fourth-order valence-electron chi connectivity index (χ4n) is 2.63. The van der Waals surface area contributed by atoms with Crippen molar-refractivity contribution < 1.29 is 9.90 Å². The Morgan fingerprint density at radius 2 is 2.35 bits per heavy atom. The maximum atomic E-state index is 10.6. The molecule has 0 spiro atoms. The maximum absolute atomic E-state index is 10.6. The second-order valence-corrected chi connectivity index (χ2v) is 5.59.